The molecule has 1 saturated heterocycles. The number of carbonyl (C=O) groups excluding carboxylic acids is 1. The van der Waals surface area contributed by atoms with E-state index in [0.717, 1.165) is 44.7 Å². The van der Waals surface area contributed by atoms with Crippen LogP contribution in [0.3, 0.4) is 0 Å². The molecule has 2 heterocycles. The summed E-state index contributed by atoms with van der Waals surface area (Å²) in [7, 11) is 5.50. The van der Waals surface area contributed by atoms with E-state index in [9.17, 15) is 4.79 Å². The van der Waals surface area contributed by atoms with Crippen LogP contribution in [-0.4, -0.2) is 76.8 Å². The minimum Gasteiger partial charge on any atom is -0.348 e. The fourth-order valence-corrected chi connectivity index (χ4v) is 2.51. The molecule has 0 bridgehead atoms. The molecule has 21 heavy (non-hydrogen) atoms. The van der Waals surface area contributed by atoms with Gasteiger partial charge in [0.25, 0.3) is 0 Å². The molecule has 1 N–H and O–H groups in total. The van der Waals surface area contributed by atoms with E-state index in [4.69, 9.17) is 0 Å². The zero-order valence-electron chi connectivity index (χ0n) is 13.2. The van der Waals surface area contributed by atoms with Gasteiger partial charge in [-0.05, 0) is 12.8 Å². The summed E-state index contributed by atoms with van der Waals surface area (Å²) in [5.41, 5.74) is 0. The first-order valence-electron chi connectivity index (χ1n) is 7.55. The van der Waals surface area contributed by atoms with Gasteiger partial charge in [0.05, 0.1) is 6.54 Å². The third kappa shape index (κ3) is 5.09. The van der Waals surface area contributed by atoms with Crippen molar-refractivity contribution in [1.82, 2.24) is 29.9 Å². The van der Waals surface area contributed by atoms with E-state index in [1.54, 1.807) is 15.9 Å². The van der Waals surface area contributed by atoms with Crippen molar-refractivity contribution in [2.24, 2.45) is 7.05 Å². The number of nitrogens with one attached hydrogen (secondary N) is 1. The molecule has 0 aliphatic carbocycles. The van der Waals surface area contributed by atoms with E-state index in [1.807, 2.05) is 21.1 Å². The van der Waals surface area contributed by atoms with Crippen LogP contribution < -0.4 is 5.32 Å². The molecule has 1 aromatic rings. The molecular formula is C14H26N6O. The maximum atomic E-state index is 11.7. The average molecular weight is 294 g/mol. The summed E-state index contributed by atoms with van der Waals surface area (Å²) in [5.74, 6) is 1.07. The monoisotopic (exact) mass is 294 g/mol. The highest BCUT2D eigenvalue weighted by molar-refractivity contribution is 5.77. The number of likely N-dealkylation sites (N-methyl/N-ethyl adjacent to an activating group) is 1. The zero-order valence-corrected chi connectivity index (χ0v) is 13.2. The lowest BCUT2D eigenvalue weighted by atomic mass is 10.0. The molecule has 1 fully saturated rings. The molecular weight excluding hydrogens is 268 g/mol. The number of piperidine rings is 1. The van der Waals surface area contributed by atoms with Crippen LogP contribution in [0, 0.1) is 0 Å². The average Bonchev–Trinajstić information content (AvgIpc) is 2.86. The van der Waals surface area contributed by atoms with Crippen molar-refractivity contribution in [2.45, 2.75) is 25.3 Å². The molecule has 7 heteroatoms. The minimum atomic E-state index is 0.183. The van der Waals surface area contributed by atoms with Crippen molar-refractivity contribution < 1.29 is 4.79 Å². The lowest BCUT2D eigenvalue weighted by Crippen LogP contribution is -2.46. The van der Waals surface area contributed by atoms with Crippen molar-refractivity contribution >= 4 is 5.91 Å². The number of hydrogen-bond donors (Lipinski definition) is 1. The summed E-state index contributed by atoms with van der Waals surface area (Å²) in [6.07, 6.45) is 4.78. The van der Waals surface area contributed by atoms with Crippen LogP contribution in [0.2, 0.25) is 0 Å². The second kappa shape index (κ2) is 7.51. The molecule has 0 atom stereocenters. The molecule has 1 amide bonds. The van der Waals surface area contributed by atoms with Crippen LogP contribution in [0.25, 0.3) is 0 Å². The highest BCUT2D eigenvalue weighted by Gasteiger charge is 2.20. The van der Waals surface area contributed by atoms with Gasteiger partial charge in [-0.25, -0.2) is 4.98 Å². The Labute approximate surface area is 126 Å². The van der Waals surface area contributed by atoms with Crippen molar-refractivity contribution in [3.8, 4) is 0 Å². The second-order valence-corrected chi connectivity index (χ2v) is 5.88. The standard InChI is InChI=1S/C14H26N6O/c1-18(2)14(21)10-20-8-5-12(6-9-20)15-7-4-13-16-11-19(3)17-13/h11-12,15H,4-10H2,1-3H3. The number of nitrogens with zero attached hydrogens (tertiary/aromatic N) is 5. The van der Waals surface area contributed by atoms with Crippen molar-refractivity contribution in [3.63, 3.8) is 0 Å². The Morgan fingerprint density at radius 3 is 2.71 bits per heavy atom. The number of aryl methyl sites for hydroxylation is 1. The van der Waals surface area contributed by atoms with Gasteiger partial charge in [-0.15, -0.1) is 0 Å². The Kier molecular flexibility index (Phi) is 5.69. The van der Waals surface area contributed by atoms with Crippen LogP contribution in [0.5, 0.6) is 0 Å². The van der Waals surface area contributed by atoms with Gasteiger partial charge in [0, 0.05) is 53.2 Å². The number of carbonyl (C=O) groups is 1. The number of hydrogen-bond acceptors (Lipinski definition) is 5. The molecule has 7 nitrogen and oxygen atoms in total. The summed E-state index contributed by atoms with van der Waals surface area (Å²) >= 11 is 0. The lowest BCUT2D eigenvalue weighted by Gasteiger charge is -2.32. The number of amides is 1. The number of likely N-dealkylation sites (tertiary alicyclic amines) is 1. The molecule has 1 aliphatic rings. The van der Waals surface area contributed by atoms with E-state index in [0.29, 0.717) is 12.6 Å². The second-order valence-electron chi connectivity index (χ2n) is 5.88. The third-order valence-corrected chi connectivity index (χ3v) is 3.87. The van der Waals surface area contributed by atoms with E-state index in [-0.39, 0.29) is 5.91 Å². The van der Waals surface area contributed by atoms with Crippen molar-refractivity contribution in [1.29, 1.82) is 0 Å². The van der Waals surface area contributed by atoms with Gasteiger partial charge in [0.1, 0.15) is 6.33 Å². The Hall–Kier alpha value is -1.47. The van der Waals surface area contributed by atoms with E-state index < -0.39 is 0 Å². The molecule has 1 aliphatic heterocycles. The lowest BCUT2D eigenvalue weighted by molar-refractivity contribution is -0.130. The maximum Gasteiger partial charge on any atom is 0.236 e. The molecule has 0 aromatic carbocycles. The first-order valence-corrected chi connectivity index (χ1v) is 7.55. The summed E-state index contributed by atoms with van der Waals surface area (Å²) in [6, 6.07) is 0.541. The van der Waals surface area contributed by atoms with Crippen LogP contribution in [-0.2, 0) is 18.3 Å². The van der Waals surface area contributed by atoms with Crippen LogP contribution in [0.1, 0.15) is 18.7 Å². The van der Waals surface area contributed by atoms with Crippen molar-refractivity contribution in [3.05, 3.63) is 12.2 Å². The molecule has 0 saturated carbocycles. The fraction of sp³-hybridized carbons (Fsp3) is 0.786. The fourth-order valence-electron chi connectivity index (χ4n) is 2.51. The van der Waals surface area contributed by atoms with Gasteiger partial charge in [-0.2, -0.15) is 5.10 Å². The highest BCUT2D eigenvalue weighted by Crippen LogP contribution is 2.10. The van der Waals surface area contributed by atoms with Gasteiger partial charge in [0.2, 0.25) is 5.91 Å². The molecule has 1 aromatic heterocycles. The maximum absolute atomic E-state index is 11.7. The van der Waals surface area contributed by atoms with Crippen LogP contribution >= 0.6 is 0 Å². The largest absolute Gasteiger partial charge is 0.348 e. The molecule has 0 radical (unpaired) electrons. The Morgan fingerprint density at radius 1 is 1.43 bits per heavy atom. The van der Waals surface area contributed by atoms with Crippen LogP contribution in [0.15, 0.2) is 6.33 Å². The molecule has 0 unspecified atom stereocenters. The van der Waals surface area contributed by atoms with Gasteiger partial charge in [0.15, 0.2) is 5.82 Å². The summed E-state index contributed by atoms with van der Waals surface area (Å²) < 4.78 is 1.73. The Bertz CT molecular complexity index is 450. The third-order valence-electron chi connectivity index (χ3n) is 3.87. The van der Waals surface area contributed by atoms with Gasteiger partial charge < -0.3 is 10.2 Å². The highest BCUT2D eigenvalue weighted by atomic mass is 16.2. The summed E-state index contributed by atoms with van der Waals surface area (Å²) in [6.45, 7) is 3.42. The SMILES string of the molecule is CN(C)C(=O)CN1CCC(NCCc2ncn(C)n2)CC1. The number of aromatic nitrogens is 3. The number of rotatable bonds is 6. The summed E-state index contributed by atoms with van der Waals surface area (Å²) in [5, 5.41) is 7.83. The Morgan fingerprint density at radius 2 is 2.14 bits per heavy atom. The quantitative estimate of drug-likeness (QED) is 0.766. The summed E-state index contributed by atoms with van der Waals surface area (Å²) in [4.78, 5) is 19.8. The van der Waals surface area contributed by atoms with E-state index >= 15 is 0 Å². The predicted octanol–water partition coefficient (Wildman–Crippen LogP) is -0.500. The first-order chi connectivity index (χ1) is 10.0. The first kappa shape index (κ1) is 15.9. The molecule has 2 rings (SSSR count). The predicted molar refractivity (Wildman–Crippen MR) is 80.9 cm³/mol. The molecule has 118 valence electrons. The van der Waals surface area contributed by atoms with Gasteiger partial charge in [-0.1, -0.05) is 0 Å². The van der Waals surface area contributed by atoms with Gasteiger partial charge >= 0.3 is 0 Å². The zero-order chi connectivity index (χ0) is 15.2. The van der Waals surface area contributed by atoms with E-state index in [2.05, 4.69) is 20.3 Å². The topological polar surface area (TPSA) is 66.3 Å². The van der Waals surface area contributed by atoms with Crippen molar-refractivity contribution in [2.75, 3.05) is 40.3 Å². The smallest absolute Gasteiger partial charge is 0.236 e. The molecule has 0 spiro atoms. The van der Waals surface area contributed by atoms with E-state index in [1.165, 1.54) is 0 Å². The Balaban J connectivity index is 1.62. The normalized spacial score (nSPS) is 17.1. The minimum absolute atomic E-state index is 0.183. The van der Waals surface area contributed by atoms with Gasteiger partial charge in [-0.3, -0.25) is 14.4 Å². The van der Waals surface area contributed by atoms with Crippen LogP contribution in [0.4, 0.5) is 0 Å².